The zero-order valence-electron chi connectivity index (χ0n) is 25.4. The van der Waals surface area contributed by atoms with E-state index in [-0.39, 0.29) is 11.8 Å². The monoisotopic (exact) mass is 568 g/mol. The number of pyridine rings is 1. The Labute approximate surface area is 252 Å². The lowest BCUT2D eigenvalue weighted by molar-refractivity contribution is 0.648. The average Bonchev–Trinajstić information content (AvgIpc) is 2.97. The second-order valence-electron chi connectivity index (χ2n) is 12.7. The number of aromatic nitrogens is 4. The third kappa shape index (κ3) is 4.46. The summed E-state index contributed by atoms with van der Waals surface area (Å²) in [5.41, 5.74) is 6.06. The van der Waals surface area contributed by atoms with Crippen LogP contribution in [0.5, 0.6) is 0 Å². The van der Waals surface area contributed by atoms with Crippen LogP contribution in [0.3, 0.4) is 0 Å². The van der Waals surface area contributed by atoms with Crippen molar-refractivity contribution >= 4 is 44.1 Å². The lowest BCUT2D eigenvalue weighted by Gasteiger charge is -2.23. The predicted molar refractivity (Wildman–Crippen MR) is 177 cm³/mol. The van der Waals surface area contributed by atoms with Crippen LogP contribution < -0.4 is 0 Å². The molecular weight excluding hydrogens is 533 g/mol. The Hall–Kier alpha value is -3.83. The fourth-order valence-electron chi connectivity index (χ4n) is 6.18. The van der Waals surface area contributed by atoms with Crippen LogP contribution in [0.15, 0.2) is 70.6 Å². The Morgan fingerprint density at radius 2 is 1.48 bits per heavy atom. The fraction of sp³-hybridized carbons (Fsp3) is 0.297. The smallest absolute Gasteiger partial charge is 0.163 e. The molecule has 1 aliphatic rings. The van der Waals surface area contributed by atoms with E-state index in [0.29, 0.717) is 5.92 Å². The Morgan fingerprint density at radius 3 is 2.19 bits per heavy atom. The molecule has 0 bridgehead atoms. The van der Waals surface area contributed by atoms with Gasteiger partial charge in [0.15, 0.2) is 5.82 Å². The summed E-state index contributed by atoms with van der Waals surface area (Å²) in [7, 11) is 0. The number of nitrogens with zero attached hydrogens (tertiary/aromatic N) is 4. The first-order valence-corrected chi connectivity index (χ1v) is 15.9. The first kappa shape index (κ1) is 27.0. The molecular formula is C37H36N4S. The summed E-state index contributed by atoms with van der Waals surface area (Å²) in [6.07, 6.45) is 3.06. The molecule has 1 aliphatic heterocycles. The van der Waals surface area contributed by atoms with Crippen molar-refractivity contribution < 1.29 is 0 Å². The minimum absolute atomic E-state index is 0.234. The molecule has 3 heterocycles. The van der Waals surface area contributed by atoms with Gasteiger partial charge in [0.1, 0.15) is 11.6 Å². The van der Waals surface area contributed by atoms with Crippen molar-refractivity contribution in [1.82, 2.24) is 19.9 Å². The number of rotatable bonds is 5. The maximum atomic E-state index is 5.00. The molecule has 0 N–H and O–H groups in total. The minimum atomic E-state index is 0.234. The van der Waals surface area contributed by atoms with Crippen LogP contribution in [0.2, 0.25) is 0 Å². The highest BCUT2D eigenvalue weighted by Gasteiger charge is 2.25. The van der Waals surface area contributed by atoms with Gasteiger partial charge in [-0.2, -0.15) is 0 Å². The predicted octanol–water partition coefficient (Wildman–Crippen LogP) is 10.3. The van der Waals surface area contributed by atoms with Crippen LogP contribution in [-0.4, -0.2) is 19.9 Å². The fourth-order valence-corrected chi connectivity index (χ4v) is 7.42. The van der Waals surface area contributed by atoms with E-state index in [2.05, 4.69) is 103 Å². The minimum Gasteiger partial charge on any atom is -0.256 e. The summed E-state index contributed by atoms with van der Waals surface area (Å²) in [5.74, 6) is 3.53. The molecule has 2 aromatic heterocycles. The Kier molecular flexibility index (Phi) is 6.54. The SMILES string of the molecule is Cc1c2c(cc3cc(CC(C)C)ccc13)-c1nccc3c1c(cc1ccc(-c4nc(C(C)C)nc(C(C)C)n4)cc13)S2. The molecule has 0 unspecified atom stereocenters. The first-order chi connectivity index (χ1) is 20.2. The van der Waals surface area contributed by atoms with E-state index in [4.69, 9.17) is 19.9 Å². The molecule has 0 aliphatic carbocycles. The van der Waals surface area contributed by atoms with Crippen LogP contribution in [-0.2, 0) is 6.42 Å². The molecule has 0 saturated heterocycles. The van der Waals surface area contributed by atoms with Crippen molar-refractivity contribution in [3.63, 3.8) is 0 Å². The number of hydrogen-bond acceptors (Lipinski definition) is 5. The number of fused-ring (bicyclic) bond motifs is 5. The van der Waals surface area contributed by atoms with E-state index in [0.717, 1.165) is 35.2 Å². The molecule has 42 heavy (non-hydrogen) atoms. The summed E-state index contributed by atoms with van der Waals surface area (Å²) >= 11 is 1.88. The summed E-state index contributed by atoms with van der Waals surface area (Å²) in [4.78, 5) is 22.1. The third-order valence-corrected chi connectivity index (χ3v) is 9.58. The van der Waals surface area contributed by atoms with Gasteiger partial charge in [-0.1, -0.05) is 83.6 Å². The quantitative estimate of drug-likeness (QED) is 0.193. The van der Waals surface area contributed by atoms with E-state index >= 15 is 0 Å². The van der Waals surface area contributed by atoms with E-state index in [1.165, 1.54) is 58.8 Å². The van der Waals surface area contributed by atoms with Crippen molar-refractivity contribution in [3.05, 3.63) is 83.6 Å². The summed E-state index contributed by atoms with van der Waals surface area (Å²) in [6, 6.07) is 20.5. The van der Waals surface area contributed by atoms with E-state index in [9.17, 15) is 0 Å². The maximum Gasteiger partial charge on any atom is 0.163 e. The number of aryl methyl sites for hydroxylation is 1. The van der Waals surface area contributed by atoms with Crippen LogP contribution in [0.25, 0.3) is 55.0 Å². The van der Waals surface area contributed by atoms with Crippen LogP contribution in [0, 0.1) is 12.8 Å². The maximum absolute atomic E-state index is 5.00. The van der Waals surface area contributed by atoms with Crippen molar-refractivity contribution in [2.75, 3.05) is 0 Å². The molecule has 210 valence electrons. The molecule has 0 fully saturated rings. The Morgan fingerprint density at radius 1 is 0.714 bits per heavy atom. The van der Waals surface area contributed by atoms with Gasteiger partial charge >= 0.3 is 0 Å². The molecule has 4 aromatic carbocycles. The zero-order valence-corrected chi connectivity index (χ0v) is 26.2. The molecule has 5 heteroatoms. The van der Waals surface area contributed by atoms with Crippen LogP contribution >= 0.6 is 11.8 Å². The number of benzene rings is 4. The highest BCUT2D eigenvalue weighted by molar-refractivity contribution is 8.00. The van der Waals surface area contributed by atoms with Gasteiger partial charge in [0.25, 0.3) is 0 Å². The first-order valence-electron chi connectivity index (χ1n) is 15.0. The molecule has 0 spiro atoms. The molecule has 4 nitrogen and oxygen atoms in total. The van der Waals surface area contributed by atoms with Crippen molar-refractivity contribution in [2.24, 2.45) is 5.92 Å². The average molecular weight is 569 g/mol. The molecule has 0 amide bonds. The lowest BCUT2D eigenvalue weighted by Crippen LogP contribution is -2.08. The van der Waals surface area contributed by atoms with Gasteiger partial charge in [0, 0.05) is 44.3 Å². The largest absolute Gasteiger partial charge is 0.256 e. The second-order valence-corrected chi connectivity index (χ2v) is 13.8. The Bertz CT molecular complexity index is 2010. The van der Waals surface area contributed by atoms with Gasteiger partial charge in [-0.3, -0.25) is 4.98 Å². The van der Waals surface area contributed by atoms with Crippen molar-refractivity contribution in [1.29, 1.82) is 0 Å². The van der Waals surface area contributed by atoms with Gasteiger partial charge < -0.3 is 0 Å². The molecule has 0 saturated carbocycles. The highest BCUT2D eigenvalue weighted by atomic mass is 32.2. The summed E-state index contributed by atoms with van der Waals surface area (Å²) < 4.78 is 0. The van der Waals surface area contributed by atoms with Crippen molar-refractivity contribution in [2.45, 2.75) is 76.5 Å². The lowest BCUT2D eigenvalue weighted by atomic mass is 9.92. The Balaban J connectivity index is 1.44. The highest BCUT2D eigenvalue weighted by Crippen LogP contribution is 2.51. The van der Waals surface area contributed by atoms with E-state index in [1.54, 1.807) is 0 Å². The normalized spacial score (nSPS) is 12.8. The van der Waals surface area contributed by atoms with Gasteiger partial charge in [-0.15, -0.1) is 0 Å². The molecule has 6 aromatic rings. The van der Waals surface area contributed by atoms with E-state index in [1.807, 2.05) is 18.0 Å². The topological polar surface area (TPSA) is 51.6 Å². The standard InChI is InChI=1S/C37H36N4S/c1-19(2)14-23-8-11-27-22(7)34-30(17-26(27)15-23)33-32-28(12-13-38-33)29-16-25(10-9-24(29)18-31(32)42-34)37-40-35(20(3)4)39-36(41-37)21(5)6/h8-13,15-21H,14H2,1-7H3. The zero-order chi connectivity index (χ0) is 29.3. The van der Waals surface area contributed by atoms with Gasteiger partial charge in [-0.25, -0.2) is 15.0 Å². The van der Waals surface area contributed by atoms with Gasteiger partial charge in [-0.05, 0) is 81.6 Å². The van der Waals surface area contributed by atoms with Gasteiger partial charge in [0.2, 0.25) is 0 Å². The molecule has 0 radical (unpaired) electrons. The van der Waals surface area contributed by atoms with Crippen LogP contribution in [0.4, 0.5) is 0 Å². The molecule has 7 rings (SSSR count). The van der Waals surface area contributed by atoms with E-state index < -0.39 is 0 Å². The summed E-state index contributed by atoms with van der Waals surface area (Å²) in [5, 5.41) is 7.50. The number of hydrogen-bond donors (Lipinski definition) is 0. The van der Waals surface area contributed by atoms with Crippen molar-refractivity contribution in [3.8, 4) is 22.6 Å². The van der Waals surface area contributed by atoms with Crippen LogP contribution in [0.1, 0.15) is 76.2 Å². The molecule has 0 atom stereocenters. The third-order valence-electron chi connectivity index (χ3n) is 8.30. The second kappa shape index (κ2) is 10.2. The van der Waals surface area contributed by atoms with Gasteiger partial charge in [0.05, 0.1) is 5.69 Å². The summed E-state index contributed by atoms with van der Waals surface area (Å²) in [6.45, 7) is 15.4.